The summed E-state index contributed by atoms with van der Waals surface area (Å²) in [4.78, 5) is 6.82. The van der Waals surface area contributed by atoms with Crippen molar-refractivity contribution >= 4 is 5.82 Å². The lowest BCUT2D eigenvalue weighted by molar-refractivity contribution is 0.0524. The van der Waals surface area contributed by atoms with Crippen molar-refractivity contribution in [1.82, 2.24) is 4.98 Å². The summed E-state index contributed by atoms with van der Waals surface area (Å²) in [5, 5.41) is 0. The lowest BCUT2D eigenvalue weighted by Gasteiger charge is -2.34. The summed E-state index contributed by atoms with van der Waals surface area (Å²) in [6.45, 7) is 6.79. The Morgan fingerprint density at radius 2 is 2.44 bits per heavy atom. The van der Waals surface area contributed by atoms with Crippen LogP contribution >= 0.6 is 0 Å². The van der Waals surface area contributed by atoms with Crippen LogP contribution in [0.1, 0.15) is 38.3 Å². The highest BCUT2D eigenvalue weighted by atomic mass is 16.5. The van der Waals surface area contributed by atoms with Crippen molar-refractivity contribution in [3.63, 3.8) is 0 Å². The minimum absolute atomic E-state index is 0.0150. The van der Waals surface area contributed by atoms with Gasteiger partial charge in [0.2, 0.25) is 0 Å². The summed E-state index contributed by atoms with van der Waals surface area (Å²) >= 11 is 0. The van der Waals surface area contributed by atoms with Gasteiger partial charge in [0.1, 0.15) is 5.82 Å². The van der Waals surface area contributed by atoms with Crippen molar-refractivity contribution in [3.8, 4) is 0 Å². The molecule has 1 saturated heterocycles. The quantitative estimate of drug-likeness (QED) is 0.888. The van der Waals surface area contributed by atoms with Gasteiger partial charge in [0.25, 0.3) is 0 Å². The molecule has 0 spiro atoms. The van der Waals surface area contributed by atoms with Crippen LogP contribution in [0.15, 0.2) is 18.3 Å². The Bertz CT molecular complexity index is 379. The number of piperidine rings is 1. The van der Waals surface area contributed by atoms with Crippen LogP contribution in [0.5, 0.6) is 0 Å². The second kappa shape index (κ2) is 6.16. The van der Waals surface area contributed by atoms with Crippen molar-refractivity contribution in [2.24, 2.45) is 5.73 Å². The van der Waals surface area contributed by atoms with Gasteiger partial charge in [-0.2, -0.15) is 0 Å². The molecule has 4 nitrogen and oxygen atoms in total. The summed E-state index contributed by atoms with van der Waals surface area (Å²) < 4.78 is 5.73. The Balaban J connectivity index is 2.15. The smallest absolute Gasteiger partial charge is 0.133 e. The molecule has 1 unspecified atom stereocenters. The monoisotopic (exact) mass is 249 g/mol. The third-order valence-electron chi connectivity index (χ3n) is 3.39. The molecule has 1 aliphatic heterocycles. The van der Waals surface area contributed by atoms with Crippen molar-refractivity contribution in [1.29, 1.82) is 0 Å². The number of pyridine rings is 1. The Morgan fingerprint density at radius 1 is 1.61 bits per heavy atom. The van der Waals surface area contributed by atoms with Gasteiger partial charge in [-0.15, -0.1) is 0 Å². The Kier molecular flexibility index (Phi) is 4.55. The van der Waals surface area contributed by atoms with E-state index in [1.165, 1.54) is 0 Å². The van der Waals surface area contributed by atoms with Crippen molar-refractivity contribution in [3.05, 3.63) is 23.9 Å². The molecule has 0 aliphatic carbocycles. The third-order valence-corrected chi connectivity index (χ3v) is 3.39. The van der Waals surface area contributed by atoms with Gasteiger partial charge in [-0.1, -0.05) is 6.07 Å². The average molecular weight is 249 g/mol. The van der Waals surface area contributed by atoms with Crippen LogP contribution < -0.4 is 10.6 Å². The van der Waals surface area contributed by atoms with Crippen LogP contribution in [0, 0.1) is 0 Å². The summed E-state index contributed by atoms with van der Waals surface area (Å²) in [6, 6.07) is 4.03. The molecule has 2 rings (SSSR count). The molecule has 1 aliphatic rings. The molecule has 100 valence electrons. The predicted molar refractivity (Wildman–Crippen MR) is 73.7 cm³/mol. The van der Waals surface area contributed by atoms with Gasteiger partial charge in [-0.05, 0) is 32.8 Å². The lowest BCUT2D eigenvalue weighted by atomic mass is 10.1. The van der Waals surface area contributed by atoms with Gasteiger partial charge in [0.05, 0.1) is 6.10 Å². The molecule has 1 aromatic rings. The number of ether oxygens (including phenoxy) is 1. The van der Waals surface area contributed by atoms with Gasteiger partial charge in [0, 0.05) is 37.5 Å². The van der Waals surface area contributed by atoms with Crippen LogP contribution in [0.3, 0.4) is 0 Å². The molecule has 4 heteroatoms. The van der Waals surface area contributed by atoms with E-state index in [2.05, 4.69) is 16.0 Å². The van der Waals surface area contributed by atoms with Crippen LogP contribution in [0.4, 0.5) is 5.82 Å². The number of hydrogen-bond acceptors (Lipinski definition) is 4. The molecule has 2 atom stereocenters. The fraction of sp³-hybridized carbons (Fsp3) is 0.643. The molecule has 0 bridgehead atoms. The van der Waals surface area contributed by atoms with Crippen molar-refractivity contribution < 1.29 is 4.74 Å². The summed E-state index contributed by atoms with van der Waals surface area (Å²) in [6.07, 6.45) is 4.46. The van der Waals surface area contributed by atoms with E-state index in [9.17, 15) is 0 Å². The van der Waals surface area contributed by atoms with E-state index in [1.807, 2.05) is 26.1 Å². The molecule has 1 aromatic heterocycles. The first-order chi connectivity index (χ1) is 8.72. The number of nitrogens with zero attached hydrogens (tertiary/aromatic N) is 2. The van der Waals surface area contributed by atoms with Crippen LogP contribution in [-0.4, -0.2) is 30.8 Å². The normalized spacial score (nSPS) is 21.9. The highest BCUT2D eigenvalue weighted by molar-refractivity contribution is 5.48. The highest BCUT2D eigenvalue weighted by Gasteiger charge is 2.23. The van der Waals surface area contributed by atoms with E-state index in [1.54, 1.807) is 0 Å². The number of nitrogens with two attached hydrogens (primary N) is 1. The number of hydrogen-bond donors (Lipinski definition) is 1. The second-order valence-corrected chi connectivity index (χ2v) is 4.87. The minimum Gasteiger partial charge on any atom is -0.377 e. The molecule has 0 amide bonds. The standard InChI is InChI=1S/C14H23N3O/c1-3-18-12-6-5-9-17(10-12)14-13(11(2)15)7-4-8-16-14/h4,7-8,11-12H,3,5-6,9-10,15H2,1-2H3/t11-,12?/m1/s1. The molecule has 2 heterocycles. The van der Waals surface area contributed by atoms with Crippen LogP contribution in [0.2, 0.25) is 0 Å². The molecular formula is C14H23N3O. The van der Waals surface area contributed by atoms with E-state index in [-0.39, 0.29) is 6.04 Å². The molecular weight excluding hydrogens is 226 g/mol. The maximum Gasteiger partial charge on any atom is 0.133 e. The zero-order valence-corrected chi connectivity index (χ0v) is 11.3. The van der Waals surface area contributed by atoms with Gasteiger partial charge in [0.15, 0.2) is 0 Å². The Morgan fingerprint density at radius 3 is 3.17 bits per heavy atom. The summed E-state index contributed by atoms with van der Waals surface area (Å²) in [5.41, 5.74) is 7.14. The van der Waals surface area contributed by atoms with Crippen LogP contribution in [0.25, 0.3) is 0 Å². The highest BCUT2D eigenvalue weighted by Crippen LogP contribution is 2.26. The molecule has 0 radical (unpaired) electrons. The zero-order valence-electron chi connectivity index (χ0n) is 11.3. The van der Waals surface area contributed by atoms with Gasteiger partial charge in [-0.25, -0.2) is 4.98 Å². The fourth-order valence-electron chi connectivity index (χ4n) is 2.53. The SMILES string of the molecule is CCOC1CCCN(c2ncccc2[C@@H](C)N)C1. The summed E-state index contributed by atoms with van der Waals surface area (Å²) in [5.74, 6) is 1.02. The van der Waals surface area contributed by atoms with Crippen molar-refractivity contribution in [2.45, 2.75) is 38.8 Å². The maximum absolute atomic E-state index is 6.02. The minimum atomic E-state index is 0.0150. The molecule has 1 fully saturated rings. The van der Waals surface area contributed by atoms with Gasteiger partial charge < -0.3 is 15.4 Å². The Labute approximate surface area is 109 Å². The first-order valence-electron chi connectivity index (χ1n) is 6.79. The van der Waals surface area contributed by atoms with E-state index in [0.717, 1.165) is 43.9 Å². The number of aromatic nitrogens is 1. The van der Waals surface area contributed by atoms with Gasteiger partial charge >= 0.3 is 0 Å². The zero-order chi connectivity index (χ0) is 13.0. The largest absolute Gasteiger partial charge is 0.377 e. The van der Waals surface area contributed by atoms with Gasteiger partial charge in [-0.3, -0.25) is 0 Å². The summed E-state index contributed by atoms with van der Waals surface area (Å²) in [7, 11) is 0. The van der Waals surface area contributed by atoms with Crippen LogP contribution in [-0.2, 0) is 4.74 Å². The maximum atomic E-state index is 6.02. The van der Waals surface area contributed by atoms with E-state index >= 15 is 0 Å². The second-order valence-electron chi connectivity index (χ2n) is 4.87. The van der Waals surface area contributed by atoms with Crippen molar-refractivity contribution in [2.75, 3.05) is 24.6 Å². The fourth-order valence-corrected chi connectivity index (χ4v) is 2.53. The first-order valence-corrected chi connectivity index (χ1v) is 6.79. The molecule has 0 aromatic carbocycles. The third kappa shape index (κ3) is 3.00. The predicted octanol–water partition coefficient (Wildman–Crippen LogP) is 2.11. The van der Waals surface area contributed by atoms with E-state index < -0.39 is 0 Å². The van der Waals surface area contributed by atoms with E-state index in [0.29, 0.717) is 6.10 Å². The average Bonchev–Trinajstić information content (AvgIpc) is 2.39. The topological polar surface area (TPSA) is 51.4 Å². The van der Waals surface area contributed by atoms with E-state index in [4.69, 9.17) is 10.5 Å². The number of rotatable bonds is 4. The first kappa shape index (κ1) is 13.3. The number of anilines is 1. The Hall–Kier alpha value is -1.13. The molecule has 0 saturated carbocycles. The molecule has 2 N–H and O–H groups in total. The molecule has 18 heavy (non-hydrogen) atoms. The lowest BCUT2D eigenvalue weighted by Crippen LogP contribution is -2.40.